The van der Waals surface area contributed by atoms with Crippen molar-refractivity contribution in [1.82, 2.24) is 5.32 Å². The zero-order valence-electron chi connectivity index (χ0n) is 11.9. The number of hydrogen-bond donors (Lipinski definition) is 2. The van der Waals surface area contributed by atoms with Crippen LogP contribution >= 0.6 is 0 Å². The summed E-state index contributed by atoms with van der Waals surface area (Å²) in [6.45, 7) is 0. The average Bonchev–Trinajstić information content (AvgIpc) is 2.38. The highest BCUT2D eigenvalue weighted by Crippen LogP contribution is 2.39. The van der Waals surface area contributed by atoms with Gasteiger partial charge in [0.2, 0.25) is 0 Å². The van der Waals surface area contributed by atoms with Crippen molar-refractivity contribution in [3.63, 3.8) is 0 Å². The molecule has 3 nitrogen and oxygen atoms in total. The third kappa shape index (κ3) is 2.49. The molecule has 0 aromatic heterocycles. The molecule has 2 bridgehead atoms. The van der Waals surface area contributed by atoms with Gasteiger partial charge in [-0.15, -0.1) is 0 Å². The van der Waals surface area contributed by atoms with Gasteiger partial charge < -0.3 is 15.3 Å². The minimum Gasteiger partial charge on any atom is -0.385 e. The molecule has 104 valence electrons. The van der Waals surface area contributed by atoms with Gasteiger partial charge in [-0.25, -0.2) is 0 Å². The Kier molecular flexibility index (Phi) is 3.27. The van der Waals surface area contributed by atoms with Gasteiger partial charge in [-0.1, -0.05) is 18.6 Å². The predicted molar refractivity (Wildman–Crippen MR) is 78.5 cm³/mol. The van der Waals surface area contributed by atoms with Crippen molar-refractivity contribution in [2.75, 3.05) is 19.0 Å². The second-order valence-electron chi connectivity index (χ2n) is 6.37. The molecular weight excluding hydrogens is 236 g/mol. The summed E-state index contributed by atoms with van der Waals surface area (Å²) < 4.78 is 0. The van der Waals surface area contributed by atoms with Gasteiger partial charge in [-0.05, 0) is 43.4 Å². The van der Waals surface area contributed by atoms with E-state index in [0.717, 1.165) is 18.4 Å². The van der Waals surface area contributed by atoms with Crippen LogP contribution in [0, 0.1) is 0 Å². The number of rotatable bonds is 2. The van der Waals surface area contributed by atoms with Gasteiger partial charge in [0, 0.05) is 31.9 Å². The number of benzene rings is 1. The van der Waals surface area contributed by atoms with E-state index in [1.807, 2.05) is 14.1 Å². The van der Waals surface area contributed by atoms with Crippen molar-refractivity contribution in [3.05, 3.63) is 29.8 Å². The van der Waals surface area contributed by atoms with Gasteiger partial charge in [0.05, 0.1) is 5.60 Å². The minimum atomic E-state index is -0.633. The maximum atomic E-state index is 11.0. The summed E-state index contributed by atoms with van der Waals surface area (Å²) in [5.74, 6) is 0. The highest BCUT2D eigenvalue weighted by atomic mass is 16.3. The normalized spacial score (nSPS) is 34.1. The van der Waals surface area contributed by atoms with Gasteiger partial charge in [0.15, 0.2) is 0 Å². The van der Waals surface area contributed by atoms with Crippen molar-refractivity contribution in [3.8, 4) is 0 Å². The SMILES string of the molecule is CN(C)c1ccc(C2(O)CC3CCCC(C2)N3)cc1. The second kappa shape index (κ2) is 4.80. The lowest BCUT2D eigenvalue weighted by molar-refractivity contribution is -0.0358. The van der Waals surface area contributed by atoms with Crippen LogP contribution < -0.4 is 10.2 Å². The fourth-order valence-electron chi connectivity index (χ4n) is 3.64. The fraction of sp³-hybridized carbons (Fsp3) is 0.625. The molecule has 2 saturated heterocycles. The third-order valence-corrected chi connectivity index (χ3v) is 4.67. The van der Waals surface area contributed by atoms with E-state index in [0.29, 0.717) is 12.1 Å². The summed E-state index contributed by atoms with van der Waals surface area (Å²) in [6.07, 6.45) is 5.41. The highest BCUT2D eigenvalue weighted by molar-refractivity contribution is 5.47. The molecule has 0 amide bonds. The molecule has 0 spiro atoms. The molecule has 1 aromatic carbocycles. The van der Waals surface area contributed by atoms with E-state index in [2.05, 4.69) is 34.5 Å². The molecule has 2 atom stereocenters. The molecule has 0 saturated carbocycles. The smallest absolute Gasteiger partial charge is 0.0926 e. The van der Waals surface area contributed by atoms with Crippen LogP contribution in [-0.4, -0.2) is 31.3 Å². The molecule has 2 N–H and O–H groups in total. The van der Waals surface area contributed by atoms with Crippen LogP contribution in [0.15, 0.2) is 24.3 Å². The Hall–Kier alpha value is -1.06. The Morgan fingerprint density at radius 2 is 1.68 bits per heavy atom. The molecule has 0 radical (unpaired) electrons. The van der Waals surface area contributed by atoms with Gasteiger partial charge in [-0.2, -0.15) is 0 Å². The van der Waals surface area contributed by atoms with Gasteiger partial charge in [-0.3, -0.25) is 0 Å². The standard InChI is InChI=1S/C16H24N2O/c1-18(2)15-8-6-12(7-9-15)16(19)10-13-4-3-5-14(11-16)17-13/h6-9,13-14,17,19H,3-5,10-11H2,1-2H3. The third-order valence-electron chi connectivity index (χ3n) is 4.67. The topological polar surface area (TPSA) is 35.5 Å². The molecule has 3 heteroatoms. The van der Waals surface area contributed by atoms with Gasteiger partial charge in [0.25, 0.3) is 0 Å². The summed E-state index contributed by atoms with van der Waals surface area (Å²) >= 11 is 0. The summed E-state index contributed by atoms with van der Waals surface area (Å²) in [5, 5.41) is 14.7. The zero-order valence-corrected chi connectivity index (χ0v) is 11.9. The fourth-order valence-corrected chi connectivity index (χ4v) is 3.64. The van der Waals surface area contributed by atoms with E-state index in [9.17, 15) is 5.11 Å². The number of nitrogens with one attached hydrogen (secondary N) is 1. The Morgan fingerprint density at radius 1 is 1.11 bits per heavy atom. The maximum absolute atomic E-state index is 11.0. The molecule has 2 unspecified atom stereocenters. The van der Waals surface area contributed by atoms with E-state index in [-0.39, 0.29) is 0 Å². The van der Waals surface area contributed by atoms with Crippen molar-refractivity contribution in [2.45, 2.75) is 49.8 Å². The number of fused-ring (bicyclic) bond motifs is 2. The highest BCUT2D eigenvalue weighted by Gasteiger charge is 2.41. The maximum Gasteiger partial charge on any atom is 0.0926 e. The monoisotopic (exact) mass is 260 g/mol. The Balaban J connectivity index is 1.83. The van der Waals surface area contributed by atoms with Crippen LogP contribution in [0.4, 0.5) is 5.69 Å². The van der Waals surface area contributed by atoms with E-state index in [4.69, 9.17) is 0 Å². The molecule has 2 aliphatic heterocycles. The Labute approximate surface area is 115 Å². The van der Waals surface area contributed by atoms with E-state index < -0.39 is 5.60 Å². The Morgan fingerprint density at radius 3 is 2.21 bits per heavy atom. The van der Waals surface area contributed by atoms with Crippen LogP contribution in [-0.2, 0) is 5.60 Å². The van der Waals surface area contributed by atoms with Crippen LogP contribution in [0.1, 0.15) is 37.7 Å². The molecule has 0 aliphatic carbocycles. The van der Waals surface area contributed by atoms with Crippen molar-refractivity contribution in [1.29, 1.82) is 0 Å². The van der Waals surface area contributed by atoms with Crippen molar-refractivity contribution in [2.24, 2.45) is 0 Å². The number of hydrogen-bond acceptors (Lipinski definition) is 3. The molecular formula is C16H24N2O. The van der Waals surface area contributed by atoms with Crippen LogP contribution in [0.2, 0.25) is 0 Å². The lowest BCUT2D eigenvalue weighted by Crippen LogP contribution is -2.54. The van der Waals surface area contributed by atoms with Gasteiger partial charge in [0.1, 0.15) is 0 Å². The average molecular weight is 260 g/mol. The number of nitrogens with zero attached hydrogens (tertiary/aromatic N) is 1. The molecule has 3 rings (SSSR count). The summed E-state index contributed by atoms with van der Waals surface area (Å²) in [7, 11) is 4.08. The quantitative estimate of drug-likeness (QED) is 0.856. The number of aliphatic hydroxyl groups is 1. The zero-order chi connectivity index (χ0) is 13.5. The first-order valence-corrected chi connectivity index (χ1v) is 7.33. The largest absolute Gasteiger partial charge is 0.385 e. The van der Waals surface area contributed by atoms with E-state index in [1.54, 1.807) is 0 Å². The first kappa shape index (κ1) is 12.9. The summed E-state index contributed by atoms with van der Waals surface area (Å²) in [5.41, 5.74) is 1.63. The molecule has 2 heterocycles. The summed E-state index contributed by atoms with van der Waals surface area (Å²) in [4.78, 5) is 2.09. The molecule has 19 heavy (non-hydrogen) atoms. The van der Waals surface area contributed by atoms with Crippen molar-refractivity contribution >= 4 is 5.69 Å². The minimum absolute atomic E-state index is 0.492. The second-order valence-corrected chi connectivity index (χ2v) is 6.37. The number of anilines is 1. The first-order valence-electron chi connectivity index (χ1n) is 7.33. The molecule has 1 aromatic rings. The first-order chi connectivity index (χ1) is 9.07. The van der Waals surface area contributed by atoms with Crippen LogP contribution in [0.3, 0.4) is 0 Å². The Bertz CT molecular complexity index is 429. The summed E-state index contributed by atoms with van der Waals surface area (Å²) in [6, 6.07) is 9.38. The van der Waals surface area contributed by atoms with Crippen molar-refractivity contribution < 1.29 is 5.11 Å². The van der Waals surface area contributed by atoms with Gasteiger partial charge >= 0.3 is 0 Å². The van der Waals surface area contributed by atoms with Crippen LogP contribution in [0.25, 0.3) is 0 Å². The van der Waals surface area contributed by atoms with E-state index >= 15 is 0 Å². The molecule has 2 fully saturated rings. The molecule has 2 aliphatic rings. The lowest BCUT2D eigenvalue weighted by Gasteiger charge is -2.45. The van der Waals surface area contributed by atoms with E-state index in [1.165, 1.54) is 24.9 Å². The number of piperidine rings is 2. The van der Waals surface area contributed by atoms with Crippen LogP contribution in [0.5, 0.6) is 0 Å². The predicted octanol–water partition coefficient (Wildman–Crippen LogP) is 2.24. The lowest BCUT2D eigenvalue weighted by atomic mass is 9.74.